The molecule has 0 spiro atoms. The highest BCUT2D eigenvalue weighted by molar-refractivity contribution is 6.15. The van der Waals surface area contributed by atoms with E-state index in [1.807, 2.05) is 72.8 Å². The molecule has 48 heavy (non-hydrogen) atoms. The number of methoxy groups -OCH3 is 1. The summed E-state index contributed by atoms with van der Waals surface area (Å²) >= 11 is 0. The SMILES string of the molecule is COC(=O)N(C(=O)[C@@H](N)C(c1ccccc1)c1ccccc1)c1ccccc1CC[C@@H]1CNC[C@@H](COc2ccc(C(F)(F)F)cc2)O1. The molecule has 1 saturated heterocycles. The summed E-state index contributed by atoms with van der Waals surface area (Å²) in [4.78, 5) is 28.4. The number of rotatable bonds is 11. The van der Waals surface area contributed by atoms with Crippen LogP contribution in [0.4, 0.5) is 23.7 Å². The first-order chi connectivity index (χ1) is 23.2. The molecular weight excluding hydrogens is 623 g/mol. The van der Waals surface area contributed by atoms with Gasteiger partial charge >= 0.3 is 12.3 Å². The molecule has 11 heteroatoms. The van der Waals surface area contributed by atoms with Crippen molar-refractivity contribution in [1.29, 1.82) is 0 Å². The van der Waals surface area contributed by atoms with Crippen LogP contribution in [0.1, 0.15) is 34.6 Å². The van der Waals surface area contributed by atoms with Crippen molar-refractivity contribution in [2.75, 3.05) is 31.7 Å². The van der Waals surface area contributed by atoms with Gasteiger partial charge in [-0.15, -0.1) is 0 Å². The van der Waals surface area contributed by atoms with Crippen molar-refractivity contribution in [2.45, 2.75) is 43.2 Å². The van der Waals surface area contributed by atoms with E-state index >= 15 is 0 Å². The number of aryl methyl sites for hydroxylation is 1. The number of hydrogen-bond acceptors (Lipinski definition) is 7. The van der Waals surface area contributed by atoms with Crippen molar-refractivity contribution >= 4 is 17.7 Å². The van der Waals surface area contributed by atoms with E-state index in [0.29, 0.717) is 37.4 Å². The number of hydrogen-bond donors (Lipinski definition) is 2. The molecule has 0 radical (unpaired) electrons. The molecule has 0 bridgehead atoms. The first-order valence-corrected chi connectivity index (χ1v) is 15.7. The number of carbonyl (C=O) groups is 2. The Balaban J connectivity index is 1.28. The summed E-state index contributed by atoms with van der Waals surface area (Å²) in [5, 5.41) is 3.32. The van der Waals surface area contributed by atoms with Crippen LogP contribution in [-0.2, 0) is 26.9 Å². The zero-order valence-electron chi connectivity index (χ0n) is 26.4. The minimum atomic E-state index is -4.42. The zero-order valence-corrected chi connectivity index (χ0v) is 26.4. The Morgan fingerprint density at radius 1 is 0.875 bits per heavy atom. The van der Waals surface area contributed by atoms with Crippen LogP contribution in [-0.4, -0.2) is 57.1 Å². The molecule has 0 aromatic heterocycles. The van der Waals surface area contributed by atoms with Gasteiger partial charge in [-0.05, 0) is 59.9 Å². The number of anilines is 1. The van der Waals surface area contributed by atoms with Gasteiger partial charge in [-0.3, -0.25) is 4.79 Å². The van der Waals surface area contributed by atoms with Crippen LogP contribution in [0, 0.1) is 0 Å². The van der Waals surface area contributed by atoms with Gasteiger partial charge in [0.05, 0.1) is 30.5 Å². The Morgan fingerprint density at radius 2 is 1.46 bits per heavy atom. The van der Waals surface area contributed by atoms with E-state index in [-0.39, 0.29) is 18.8 Å². The average Bonchev–Trinajstić information content (AvgIpc) is 3.11. The average molecular weight is 662 g/mol. The first kappa shape index (κ1) is 34.6. The molecule has 4 aromatic rings. The third-order valence-corrected chi connectivity index (χ3v) is 8.25. The van der Waals surface area contributed by atoms with E-state index in [2.05, 4.69) is 5.32 Å². The number of nitrogens with two attached hydrogens (primary N) is 1. The number of alkyl halides is 3. The molecule has 1 aliphatic rings. The number of amides is 2. The number of benzene rings is 4. The number of para-hydroxylation sites is 1. The van der Waals surface area contributed by atoms with Crippen LogP contribution >= 0.6 is 0 Å². The van der Waals surface area contributed by atoms with Gasteiger partial charge in [0.1, 0.15) is 18.5 Å². The summed E-state index contributed by atoms with van der Waals surface area (Å²) in [6, 6.07) is 29.4. The van der Waals surface area contributed by atoms with Crippen molar-refractivity contribution in [3.8, 4) is 5.75 Å². The third-order valence-electron chi connectivity index (χ3n) is 8.25. The fourth-order valence-corrected chi connectivity index (χ4v) is 5.85. The smallest absolute Gasteiger partial charge is 0.420 e. The number of imide groups is 1. The van der Waals surface area contributed by atoms with Crippen LogP contribution in [0.2, 0.25) is 0 Å². The molecule has 1 fully saturated rings. The molecule has 1 heterocycles. The number of nitrogens with zero attached hydrogens (tertiary/aromatic N) is 1. The first-order valence-electron chi connectivity index (χ1n) is 15.7. The molecule has 3 atom stereocenters. The van der Waals surface area contributed by atoms with E-state index in [1.165, 1.54) is 19.2 Å². The standard InChI is InChI=1S/C37H38F3N3O5/c1-46-36(45)43(35(44)34(41)33(26-11-4-2-5-12-26)27-13-6-3-7-14-27)32-15-9-8-10-25(32)16-19-30-22-42-23-31(48-30)24-47-29-20-17-28(18-21-29)37(38,39)40/h2-15,17-18,20-21,30-31,33-34,42H,16,19,22-24,41H2,1H3/t30-,31+,34+/m1/s1. The largest absolute Gasteiger partial charge is 0.491 e. The lowest BCUT2D eigenvalue weighted by atomic mass is 9.84. The summed E-state index contributed by atoms with van der Waals surface area (Å²) in [5.41, 5.74) is 8.75. The van der Waals surface area contributed by atoms with Crippen molar-refractivity contribution in [3.63, 3.8) is 0 Å². The molecule has 0 aliphatic carbocycles. The second-order valence-electron chi connectivity index (χ2n) is 11.5. The Bertz CT molecular complexity index is 1600. The lowest BCUT2D eigenvalue weighted by Gasteiger charge is -2.32. The maximum Gasteiger partial charge on any atom is 0.420 e. The van der Waals surface area contributed by atoms with Gasteiger partial charge < -0.3 is 25.3 Å². The van der Waals surface area contributed by atoms with Crippen molar-refractivity contribution in [2.24, 2.45) is 5.73 Å². The van der Waals surface area contributed by atoms with Gasteiger partial charge in [-0.2, -0.15) is 13.2 Å². The Hall–Kier alpha value is -4.71. The van der Waals surface area contributed by atoms with Crippen molar-refractivity contribution < 1.29 is 37.0 Å². The van der Waals surface area contributed by atoms with Crippen LogP contribution in [0.15, 0.2) is 109 Å². The van der Waals surface area contributed by atoms with Gasteiger partial charge in [-0.1, -0.05) is 78.9 Å². The van der Waals surface area contributed by atoms with Gasteiger partial charge in [0.15, 0.2) is 0 Å². The Morgan fingerprint density at radius 3 is 2.06 bits per heavy atom. The monoisotopic (exact) mass is 661 g/mol. The highest BCUT2D eigenvalue weighted by Gasteiger charge is 2.36. The molecule has 5 rings (SSSR count). The number of nitrogens with one attached hydrogen (secondary N) is 1. The molecule has 3 N–H and O–H groups in total. The van der Waals surface area contributed by atoms with E-state index in [9.17, 15) is 22.8 Å². The number of halogens is 3. The molecule has 8 nitrogen and oxygen atoms in total. The summed E-state index contributed by atoms with van der Waals surface area (Å²) in [6.07, 6.45) is -4.81. The second-order valence-corrected chi connectivity index (χ2v) is 11.5. The summed E-state index contributed by atoms with van der Waals surface area (Å²) < 4.78 is 55.7. The number of ether oxygens (including phenoxy) is 3. The Kier molecular flexibility index (Phi) is 11.5. The molecule has 0 unspecified atom stereocenters. The van der Waals surface area contributed by atoms with E-state index in [1.54, 1.807) is 12.1 Å². The lowest BCUT2D eigenvalue weighted by Crippen LogP contribution is -2.50. The van der Waals surface area contributed by atoms with Gasteiger partial charge in [-0.25, -0.2) is 9.69 Å². The van der Waals surface area contributed by atoms with Crippen molar-refractivity contribution in [3.05, 3.63) is 131 Å². The van der Waals surface area contributed by atoms with Crippen LogP contribution < -0.4 is 20.7 Å². The third kappa shape index (κ3) is 8.60. The van der Waals surface area contributed by atoms with Crippen LogP contribution in [0.25, 0.3) is 0 Å². The quantitative estimate of drug-likeness (QED) is 0.194. The van der Waals surface area contributed by atoms with Crippen molar-refractivity contribution in [1.82, 2.24) is 5.32 Å². The number of morpholine rings is 1. The molecule has 4 aromatic carbocycles. The van der Waals surface area contributed by atoms with Crippen LogP contribution in [0.3, 0.4) is 0 Å². The maximum atomic E-state index is 14.2. The maximum absolute atomic E-state index is 14.2. The number of carbonyl (C=O) groups excluding carboxylic acids is 2. The highest BCUT2D eigenvalue weighted by Crippen LogP contribution is 2.32. The van der Waals surface area contributed by atoms with Gasteiger partial charge in [0, 0.05) is 19.0 Å². The summed E-state index contributed by atoms with van der Waals surface area (Å²) in [5.74, 6) is -0.819. The van der Waals surface area contributed by atoms with Crippen LogP contribution in [0.5, 0.6) is 5.75 Å². The van der Waals surface area contributed by atoms with E-state index in [0.717, 1.165) is 33.7 Å². The molecule has 1 aliphatic heterocycles. The topological polar surface area (TPSA) is 103 Å². The minimum Gasteiger partial charge on any atom is -0.491 e. The summed E-state index contributed by atoms with van der Waals surface area (Å²) in [6.45, 7) is 1.23. The zero-order chi connectivity index (χ0) is 34.1. The normalized spacial score (nSPS) is 17.0. The fourth-order valence-electron chi connectivity index (χ4n) is 5.85. The van der Waals surface area contributed by atoms with Gasteiger partial charge in [0.25, 0.3) is 5.91 Å². The Labute approximate surface area is 277 Å². The fraction of sp³-hybridized carbons (Fsp3) is 0.297. The predicted octanol–water partition coefficient (Wildman–Crippen LogP) is 6.33. The second kappa shape index (κ2) is 15.9. The minimum absolute atomic E-state index is 0.151. The lowest BCUT2D eigenvalue weighted by molar-refractivity contribution is -0.137. The van der Waals surface area contributed by atoms with Gasteiger partial charge in [0.2, 0.25) is 0 Å². The highest BCUT2D eigenvalue weighted by atomic mass is 19.4. The molecule has 0 saturated carbocycles. The molecule has 252 valence electrons. The van der Waals surface area contributed by atoms with E-state index < -0.39 is 35.7 Å². The summed E-state index contributed by atoms with van der Waals surface area (Å²) in [7, 11) is 1.22. The molecule has 2 amide bonds. The molecular formula is C37H38F3N3O5. The predicted molar refractivity (Wildman–Crippen MR) is 176 cm³/mol. The van der Waals surface area contributed by atoms with E-state index in [4.69, 9.17) is 19.9 Å².